The van der Waals surface area contributed by atoms with Crippen LogP contribution in [0.25, 0.3) is 0 Å². The second kappa shape index (κ2) is 11.7. The molecule has 0 fully saturated rings. The molecule has 2 amide bonds. The van der Waals surface area contributed by atoms with Crippen molar-refractivity contribution in [3.63, 3.8) is 0 Å². The number of carbonyl (C=O) groups is 2. The van der Waals surface area contributed by atoms with Gasteiger partial charge in [0.2, 0.25) is 5.91 Å². The van der Waals surface area contributed by atoms with Gasteiger partial charge in [-0.25, -0.2) is 0 Å². The molecule has 2 aromatic rings. The van der Waals surface area contributed by atoms with Crippen LogP contribution in [0.5, 0.6) is 5.75 Å². The minimum absolute atomic E-state index is 0.0227. The summed E-state index contributed by atoms with van der Waals surface area (Å²) in [6.07, 6.45) is 1.27. The summed E-state index contributed by atoms with van der Waals surface area (Å²) in [5, 5.41) is 8.63. The van der Waals surface area contributed by atoms with E-state index in [1.54, 1.807) is 36.4 Å². The van der Waals surface area contributed by atoms with E-state index in [1.165, 1.54) is 0 Å². The number of amides is 2. The lowest BCUT2D eigenvalue weighted by Gasteiger charge is -2.15. The van der Waals surface area contributed by atoms with Gasteiger partial charge in [-0.3, -0.25) is 14.9 Å². The van der Waals surface area contributed by atoms with Crippen molar-refractivity contribution in [2.75, 3.05) is 17.2 Å². The van der Waals surface area contributed by atoms with Crippen molar-refractivity contribution in [1.82, 2.24) is 5.32 Å². The summed E-state index contributed by atoms with van der Waals surface area (Å²) >= 11 is 8.65. The van der Waals surface area contributed by atoms with Gasteiger partial charge < -0.3 is 15.4 Å². The molecule has 30 heavy (non-hydrogen) atoms. The Morgan fingerprint density at radius 3 is 2.30 bits per heavy atom. The largest absolute Gasteiger partial charge is 0.492 e. The van der Waals surface area contributed by atoms with Crippen molar-refractivity contribution >= 4 is 56.4 Å². The van der Waals surface area contributed by atoms with Crippen LogP contribution in [-0.4, -0.2) is 23.5 Å². The van der Waals surface area contributed by atoms with Gasteiger partial charge in [0, 0.05) is 22.3 Å². The van der Waals surface area contributed by atoms with Crippen LogP contribution in [0.2, 0.25) is 0 Å². The van der Waals surface area contributed by atoms with Crippen LogP contribution in [0.4, 0.5) is 11.4 Å². The molecule has 0 spiro atoms. The number of benzene rings is 2. The Kier molecular flexibility index (Phi) is 9.26. The maximum absolute atomic E-state index is 12.7. The highest BCUT2D eigenvalue weighted by Crippen LogP contribution is 2.24. The highest BCUT2D eigenvalue weighted by atomic mass is 79.9. The number of halogens is 1. The molecule has 0 heterocycles. The van der Waals surface area contributed by atoms with E-state index < -0.39 is 0 Å². The molecule has 0 aliphatic heterocycles. The van der Waals surface area contributed by atoms with Gasteiger partial charge in [0.05, 0.1) is 12.2 Å². The number of ether oxygens (including phenoxy) is 1. The summed E-state index contributed by atoms with van der Waals surface area (Å²) in [7, 11) is 0. The molecule has 0 atom stereocenters. The van der Waals surface area contributed by atoms with Gasteiger partial charge in [0.1, 0.15) is 5.75 Å². The first-order chi connectivity index (χ1) is 14.3. The highest BCUT2D eigenvalue weighted by Gasteiger charge is 2.15. The van der Waals surface area contributed by atoms with Crippen LogP contribution in [0.3, 0.4) is 0 Å². The second-order valence-electron chi connectivity index (χ2n) is 7.13. The lowest BCUT2D eigenvalue weighted by molar-refractivity contribution is -0.116. The lowest BCUT2D eigenvalue weighted by atomic mass is 10.2. The van der Waals surface area contributed by atoms with Gasteiger partial charge in [0.25, 0.3) is 5.91 Å². The first-order valence-electron chi connectivity index (χ1n) is 9.73. The molecule has 6 nitrogen and oxygen atoms in total. The fourth-order valence-electron chi connectivity index (χ4n) is 2.48. The molecule has 2 rings (SSSR count). The van der Waals surface area contributed by atoms with Gasteiger partial charge in [0.15, 0.2) is 5.11 Å². The molecule has 0 aliphatic carbocycles. The number of hydrogen-bond acceptors (Lipinski definition) is 4. The summed E-state index contributed by atoms with van der Waals surface area (Å²) in [6.45, 7) is 6.54. The maximum Gasteiger partial charge on any atom is 0.261 e. The molecule has 160 valence electrons. The average molecular weight is 492 g/mol. The minimum Gasteiger partial charge on any atom is -0.492 e. The average Bonchev–Trinajstić information content (AvgIpc) is 2.68. The third-order valence-electron chi connectivity index (χ3n) is 3.89. The maximum atomic E-state index is 12.7. The zero-order valence-electron chi connectivity index (χ0n) is 17.3. The molecule has 0 unspecified atom stereocenters. The van der Waals surface area contributed by atoms with Gasteiger partial charge in [-0.15, -0.1) is 0 Å². The molecule has 0 radical (unpaired) electrons. The van der Waals surface area contributed by atoms with Crippen LogP contribution >= 0.6 is 28.1 Å². The number of rotatable bonds is 8. The first kappa shape index (κ1) is 23.8. The Morgan fingerprint density at radius 2 is 1.70 bits per heavy atom. The van der Waals surface area contributed by atoms with Crippen molar-refractivity contribution in [1.29, 1.82) is 0 Å². The minimum atomic E-state index is -0.365. The number of nitrogens with one attached hydrogen (secondary N) is 3. The number of anilines is 2. The smallest absolute Gasteiger partial charge is 0.261 e. The van der Waals surface area contributed by atoms with Gasteiger partial charge >= 0.3 is 0 Å². The van der Waals surface area contributed by atoms with Crippen molar-refractivity contribution < 1.29 is 14.3 Å². The second-order valence-corrected chi connectivity index (χ2v) is 8.45. The molecule has 0 saturated carbocycles. The normalized spacial score (nSPS) is 10.4. The van der Waals surface area contributed by atoms with E-state index in [2.05, 4.69) is 31.9 Å². The summed E-state index contributed by atoms with van der Waals surface area (Å²) in [6, 6.07) is 12.4. The van der Waals surface area contributed by atoms with E-state index >= 15 is 0 Å². The molecular formula is C22H26BrN3O3S. The third-order valence-corrected chi connectivity index (χ3v) is 4.59. The van der Waals surface area contributed by atoms with Crippen molar-refractivity contribution in [3.05, 3.63) is 52.5 Å². The molecule has 0 aliphatic rings. The van der Waals surface area contributed by atoms with Crippen LogP contribution in [0, 0.1) is 5.92 Å². The standard InChI is InChI=1S/C22H26BrN3O3S/c1-4-5-20(27)24-16-7-9-17(10-8-16)25-22(30)26-21(28)18-12-15(23)6-11-19(18)29-13-14(2)3/h6-12,14H,4-5,13H2,1-3H3,(H,24,27)(H2,25,26,28,30). The predicted molar refractivity (Wildman–Crippen MR) is 128 cm³/mol. The Labute approximate surface area is 190 Å². The van der Waals surface area contributed by atoms with E-state index in [-0.39, 0.29) is 16.9 Å². The first-order valence-corrected chi connectivity index (χ1v) is 10.9. The summed E-state index contributed by atoms with van der Waals surface area (Å²) in [5.74, 6) is 0.447. The van der Waals surface area contributed by atoms with E-state index in [0.717, 1.165) is 10.9 Å². The summed E-state index contributed by atoms with van der Waals surface area (Å²) in [5.41, 5.74) is 1.79. The van der Waals surface area contributed by atoms with Crippen LogP contribution in [0.15, 0.2) is 46.9 Å². The summed E-state index contributed by atoms with van der Waals surface area (Å²) in [4.78, 5) is 24.4. The van der Waals surface area contributed by atoms with E-state index in [4.69, 9.17) is 17.0 Å². The topological polar surface area (TPSA) is 79.5 Å². The molecule has 2 aromatic carbocycles. The Morgan fingerprint density at radius 1 is 1.07 bits per heavy atom. The number of thiocarbonyl (C=S) groups is 1. The Bertz CT molecular complexity index is 901. The van der Waals surface area contributed by atoms with Gasteiger partial charge in [-0.2, -0.15) is 0 Å². The van der Waals surface area contributed by atoms with Crippen molar-refractivity contribution in [2.45, 2.75) is 33.6 Å². The predicted octanol–water partition coefficient (Wildman–Crippen LogP) is 5.35. The highest BCUT2D eigenvalue weighted by molar-refractivity contribution is 9.10. The van der Waals surface area contributed by atoms with Gasteiger partial charge in [-0.1, -0.05) is 36.7 Å². The SMILES string of the molecule is CCCC(=O)Nc1ccc(NC(=S)NC(=O)c2cc(Br)ccc2OCC(C)C)cc1. The number of hydrogen-bond donors (Lipinski definition) is 3. The molecule has 0 aromatic heterocycles. The molecule has 0 saturated heterocycles. The van der Waals surface area contributed by atoms with E-state index in [1.807, 2.05) is 26.8 Å². The quantitative estimate of drug-likeness (QED) is 0.433. The van der Waals surface area contributed by atoms with Crippen LogP contribution in [-0.2, 0) is 4.79 Å². The van der Waals surface area contributed by atoms with Crippen LogP contribution in [0.1, 0.15) is 44.0 Å². The molecule has 0 bridgehead atoms. The fourth-order valence-corrected chi connectivity index (χ4v) is 3.05. The van der Waals surface area contributed by atoms with Crippen LogP contribution < -0.4 is 20.7 Å². The lowest BCUT2D eigenvalue weighted by Crippen LogP contribution is -2.34. The molecular weight excluding hydrogens is 466 g/mol. The zero-order chi connectivity index (χ0) is 22.1. The Balaban J connectivity index is 1.98. The van der Waals surface area contributed by atoms with E-state index in [0.29, 0.717) is 41.6 Å². The van der Waals surface area contributed by atoms with E-state index in [9.17, 15) is 9.59 Å². The zero-order valence-corrected chi connectivity index (χ0v) is 19.7. The molecule has 3 N–H and O–H groups in total. The Hall–Kier alpha value is -2.45. The monoisotopic (exact) mass is 491 g/mol. The third kappa shape index (κ3) is 7.76. The van der Waals surface area contributed by atoms with Gasteiger partial charge in [-0.05, 0) is 67.0 Å². The molecule has 8 heteroatoms. The fraction of sp³-hybridized carbons (Fsp3) is 0.318. The van der Waals surface area contributed by atoms with Crippen molar-refractivity contribution in [2.24, 2.45) is 5.92 Å². The summed E-state index contributed by atoms with van der Waals surface area (Å²) < 4.78 is 6.52. The number of carbonyl (C=O) groups excluding carboxylic acids is 2. The van der Waals surface area contributed by atoms with Crippen molar-refractivity contribution in [3.8, 4) is 5.75 Å².